The van der Waals surface area contributed by atoms with Crippen molar-refractivity contribution in [1.29, 1.82) is 0 Å². The average Bonchev–Trinajstić information content (AvgIpc) is 2.70. The Hall–Kier alpha value is -1.62. The molecule has 0 radical (unpaired) electrons. The summed E-state index contributed by atoms with van der Waals surface area (Å²) in [6.07, 6.45) is 1.93. The third kappa shape index (κ3) is 2.94. The van der Waals surface area contributed by atoms with Crippen LogP contribution in [0.25, 0.3) is 5.65 Å². The highest BCUT2D eigenvalue weighted by molar-refractivity contribution is 5.45. The molecule has 5 heteroatoms. The van der Waals surface area contributed by atoms with Crippen LogP contribution in [-0.4, -0.2) is 46.2 Å². The van der Waals surface area contributed by atoms with Crippen molar-refractivity contribution < 1.29 is 0 Å². The van der Waals surface area contributed by atoms with Crippen LogP contribution >= 0.6 is 0 Å². The molecule has 0 atom stereocenters. The zero-order valence-electron chi connectivity index (χ0n) is 10.6. The van der Waals surface area contributed by atoms with Crippen molar-refractivity contribution in [1.82, 2.24) is 19.5 Å². The molecule has 0 amide bonds. The molecule has 2 aromatic rings. The first kappa shape index (κ1) is 11.9. The maximum Gasteiger partial charge on any atom is 0.243 e. The fourth-order valence-electron chi connectivity index (χ4n) is 1.57. The number of fused-ring (bicyclic) bond motifs is 1. The Morgan fingerprint density at radius 2 is 2.29 bits per heavy atom. The monoisotopic (exact) mass is 233 g/mol. The molecule has 0 aliphatic rings. The largest absolute Gasteiger partial charge is 0.352 e. The van der Waals surface area contributed by atoms with Gasteiger partial charge in [-0.05, 0) is 38.2 Å². The number of hydrogen-bond donors (Lipinski definition) is 1. The lowest BCUT2D eigenvalue weighted by Crippen LogP contribution is -2.24. The van der Waals surface area contributed by atoms with E-state index in [-0.39, 0.29) is 0 Å². The van der Waals surface area contributed by atoms with Gasteiger partial charge in [0.1, 0.15) is 0 Å². The summed E-state index contributed by atoms with van der Waals surface area (Å²) in [6.45, 7) is 7.11. The molecule has 0 saturated heterocycles. The molecule has 0 aliphatic heterocycles. The molecule has 0 unspecified atom stereocenters. The number of aromatic nitrogens is 3. The quantitative estimate of drug-likeness (QED) is 0.848. The van der Waals surface area contributed by atoms with Crippen LogP contribution in [0.1, 0.15) is 12.5 Å². The Kier molecular flexibility index (Phi) is 3.58. The van der Waals surface area contributed by atoms with Crippen molar-refractivity contribution in [3.05, 3.63) is 23.9 Å². The fourth-order valence-corrected chi connectivity index (χ4v) is 1.57. The van der Waals surface area contributed by atoms with Gasteiger partial charge in [-0.3, -0.25) is 0 Å². The summed E-state index contributed by atoms with van der Waals surface area (Å²) >= 11 is 0. The third-order valence-electron chi connectivity index (χ3n) is 2.81. The predicted octanol–water partition coefficient (Wildman–Crippen LogP) is 1.40. The molecule has 0 saturated carbocycles. The third-order valence-corrected chi connectivity index (χ3v) is 2.81. The van der Waals surface area contributed by atoms with Gasteiger partial charge in [0.15, 0.2) is 5.65 Å². The van der Waals surface area contributed by atoms with Gasteiger partial charge in [0, 0.05) is 19.3 Å². The van der Waals surface area contributed by atoms with Gasteiger partial charge < -0.3 is 10.2 Å². The van der Waals surface area contributed by atoms with Crippen molar-refractivity contribution in [2.75, 3.05) is 32.0 Å². The van der Waals surface area contributed by atoms with Crippen LogP contribution in [0.4, 0.5) is 5.95 Å². The number of pyridine rings is 1. The van der Waals surface area contributed by atoms with Crippen molar-refractivity contribution in [3.63, 3.8) is 0 Å². The van der Waals surface area contributed by atoms with Crippen LogP contribution < -0.4 is 5.32 Å². The van der Waals surface area contributed by atoms with Crippen LogP contribution in [0.2, 0.25) is 0 Å². The smallest absolute Gasteiger partial charge is 0.243 e. The van der Waals surface area contributed by atoms with Crippen molar-refractivity contribution >= 4 is 11.6 Å². The number of likely N-dealkylation sites (N-methyl/N-ethyl adjacent to an activating group) is 1. The van der Waals surface area contributed by atoms with Crippen molar-refractivity contribution in [2.45, 2.75) is 13.8 Å². The topological polar surface area (TPSA) is 45.5 Å². The molecule has 0 bridgehead atoms. The highest BCUT2D eigenvalue weighted by atomic mass is 15.3. The van der Waals surface area contributed by atoms with Crippen LogP contribution in [0.3, 0.4) is 0 Å². The van der Waals surface area contributed by atoms with E-state index in [0.717, 1.165) is 25.3 Å². The first-order chi connectivity index (χ1) is 8.19. The first-order valence-electron chi connectivity index (χ1n) is 5.94. The average molecular weight is 233 g/mol. The van der Waals surface area contributed by atoms with Gasteiger partial charge in [-0.2, -0.15) is 4.98 Å². The summed E-state index contributed by atoms with van der Waals surface area (Å²) in [4.78, 5) is 6.66. The van der Waals surface area contributed by atoms with Crippen molar-refractivity contribution in [3.8, 4) is 0 Å². The maximum atomic E-state index is 4.42. The molecule has 2 aromatic heterocycles. The van der Waals surface area contributed by atoms with E-state index in [4.69, 9.17) is 0 Å². The highest BCUT2D eigenvalue weighted by Gasteiger charge is 2.02. The lowest BCUT2D eigenvalue weighted by molar-refractivity contribution is 0.367. The van der Waals surface area contributed by atoms with Gasteiger partial charge in [-0.15, -0.1) is 5.10 Å². The van der Waals surface area contributed by atoms with E-state index < -0.39 is 0 Å². The second-order valence-electron chi connectivity index (χ2n) is 4.26. The molecule has 0 aliphatic carbocycles. The Morgan fingerprint density at radius 3 is 3.06 bits per heavy atom. The van der Waals surface area contributed by atoms with Crippen LogP contribution in [-0.2, 0) is 0 Å². The molecular weight excluding hydrogens is 214 g/mol. The molecule has 17 heavy (non-hydrogen) atoms. The minimum Gasteiger partial charge on any atom is -0.352 e. The molecule has 92 valence electrons. The fraction of sp³-hybridized carbons (Fsp3) is 0.500. The standard InChI is InChI=1S/C12H19N5/c1-4-16(3)8-6-13-12-14-11-9-10(2)5-7-17(11)15-12/h5,7,9H,4,6,8H2,1-3H3,(H,13,15). The molecule has 2 rings (SSSR count). The van der Waals surface area contributed by atoms with E-state index in [0.29, 0.717) is 5.95 Å². The van der Waals surface area contributed by atoms with E-state index in [2.05, 4.69) is 41.2 Å². The highest BCUT2D eigenvalue weighted by Crippen LogP contribution is 2.07. The summed E-state index contributed by atoms with van der Waals surface area (Å²) in [5.41, 5.74) is 2.08. The van der Waals surface area contributed by atoms with Gasteiger partial charge >= 0.3 is 0 Å². The van der Waals surface area contributed by atoms with Crippen LogP contribution in [0, 0.1) is 6.92 Å². The summed E-state index contributed by atoms with van der Waals surface area (Å²) in [7, 11) is 2.10. The molecule has 0 spiro atoms. The van der Waals surface area contributed by atoms with E-state index >= 15 is 0 Å². The number of rotatable bonds is 5. The van der Waals surface area contributed by atoms with Gasteiger partial charge in [0.05, 0.1) is 0 Å². The minimum atomic E-state index is 0.695. The zero-order valence-corrected chi connectivity index (χ0v) is 10.6. The van der Waals surface area contributed by atoms with E-state index in [1.165, 1.54) is 5.56 Å². The lowest BCUT2D eigenvalue weighted by atomic mass is 10.3. The first-order valence-corrected chi connectivity index (χ1v) is 5.94. The van der Waals surface area contributed by atoms with Gasteiger partial charge in [0.25, 0.3) is 0 Å². The van der Waals surface area contributed by atoms with Crippen LogP contribution in [0.15, 0.2) is 18.3 Å². The minimum absolute atomic E-state index is 0.695. The van der Waals surface area contributed by atoms with E-state index in [1.54, 1.807) is 4.52 Å². The second kappa shape index (κ2) is 5.14. The summed E-state index contributed by atoms with van der Waals surface area (Å²) in [5, 5.41) is 7.59. The normalized spacial score (nSPS) is 11.3. The predicted molar refractivity (Wildman–Crippen MR) is 69.4 cm³/mol. The Labute approximate surface area is 101 Å². The van der Waals surface area contributed by atoms with Gasteiger partial charge in [-0.1, -0.05) is 6.92 Å². The molecule has 2 heterocycles. The Bertz CT molecular complexity index is 491. The lowest BCUT2D eigenvalue weighted by Gasteiger charge is -2.12. The summed E-state index contributed by atoms with van der Waals surface area (Å²) < 4.78 is 1.79. The number of aryl methyl sites for hydroxylation is 1. The SMILES string of the molecule is CCN(C)CCNc1nc2cc(C)ccn2n1. The zero-order chi connectivity index (χ0) is 12.3. The van der Waals surface area contributed by atoms with Crippen molar-refractivity contribution in [2.24, 2.45) is 0 Å². The Morgan fingerprint density at radius 1 is 1.47 bits per heavy atom. The molecule has 1 N–H and O–H groups in total. The maximum absolute atomic E-state index is 4.42. The summed E-state index contributed by atoms with van der Waals surface area (Å²) in [5.74, 6) is 0.695. The van der Waals surface area contributed by atoms with E-state index in [1.807, 2.05) is 18.3 Å². The molecule has 5 nitrogen and oxygen atoms in total. The number of nitrogens with zero attached hydrogens (tertiary/aromatic N) is 4. The number of anilines is 1. The summed E-state index contributed by atoms with van der Waals surface area (Å²) in [6, 6.07) is 4.05. The number of nitrogens with one attached hydrogen (secondary N) is 1. The Balaban J connectivity index is 1.99. The molecular formula is C12H19N5. The second-order valence-corrected chi connectivity index (χ2v) is 4.26. The molecule has 0 fully saturated rings. The van der Waals surface area contributed by atoms with E-state index in [9.17, 15) is 0 Å². The molecule has 0 aromatic carbocycles. The van der Waals surface area contributed by atoms with Gasteiger partial charge in [0.2, 0.25) is 5.95 Å². The van der Waals surface area contributed by atoms with Crippen LogP contribution in [0.5, 0.6) is 0 Å². The number of hydrogen-bond acceptors (Lipinski definition) is 4. The van der Waals surface area contributed by atoms with Gasteiger partial charge in [-0.25, -0.2) is 4.52 Å².